The lowest BCUT2D eigenvalue weighted by molar-refractivity contribution is -0.690. The van der Waals surface area contributed by atoms with E-state index in [0.29, 0.717) is 28.0 Å². The van der Waals surface area contributed by atoms with Crippen molar-refractivity contribution < 1.29 is 19.6 Å². The quantitative estimate of drug-likeness (QED) is 0.811. The fourth-order valence-corrected chi connectivity index (χ4v) is 3.28. The highest BCUT2D eigenvalue weighted by molar-refractivity contribution is 6.35. The number of nitrogens with zero attached hydrogens (tertiary/aromatic N) is 1. The minimum Gasteiger partial charge on any atom is -0.497 e. The van der Waals surface area contributed by atoms with Gasteiger partial charge in [-0.05, 0) is 36.4 Å². The molecule has 1 aliphatic heterocycles. The highest BCUT2D eigenvalue weighted by Crippen LogP contribution is 2.24. The Balaban J connectivity index is 1.70. The molecule has 7 heteroatoms. The molecule has 2 aromatic carbocycles. The lowest BCUT2D eigenvalue weighted by Gasteiger charge is -2.14. The van der Waals surface area contributed by atoms with E-state index in [0.717, 1.165) is 5.56 Å². The number of imide groups is 1. The first-order chi connectivity index (χ1) is 12.0. The van der Waals surface area contributed by atoms with E-state index in [1.165, 1.54) is 4.90 Å². The average Bonchev–Trinajstić information content (AvgIpc) is 2.88. The zero-order chi connectivity index (χ0) is 18.0. The van der Waals surface area contributed by atoms with Gasteiger partial charge in [0.25, 0.3) is 5.91 Å². The molecule has 0 bridgehead atoms. The molecule has 0 radical (unpaired) electrons. The summed E-state index contributed by atoms with van der Waals surface area (Å²) in [5, 5.41) is 2.94. The Morgan fingerprint density at radius 2 is 1.88 bits per heavy atom. The fourth-order valence-electron chi connectivity index (χ4n) is 2.80. The maximum atomic E-state index is 12.6. The van der Waals surface area contributed by atoms with E-state index in [1.54, 1.807) is 43.5 Å². The van der Waals surface area contributed by atoms with E-state index < -0.39 is 6.04 Å². The number of ether oxygens (including phenoxy) is 1. The number of rotatable bonds is 5. The topological polar surface area (TPSA) is 63.2 Å². The van der Waals surface area contributed by atoms with Crippen LogP contribution in [-0.2, 0) is 16.1 Å². The summed E-state index contributed by atoms with van der Waals surface area (Å²) in [4.78, 5) is 26.1. The molecule has 5 nitrogen and oxygen atoms in total. The first-order valence-electron chi connectivity index (χ1n) is 7.77. The monoisotopic (exact) mass is 379 g/mol. The molecular weight excluding hydrogens is 363 g/mol. The van der Waals surface area contributed by atoms with Crippen LogP contribution in [0.5, 0.6) is 5.75 Å². The smallest absolute Gasteiger partial charge is 0.292 e. The molecule has 1 saturated heterocycles. The van der Waals surface area contributed by atoms with Gasteiger partial charge in [-0.1, -0.05) is 29.3 Å². The second kappa shape index (κ2) is 7.44. The molecule has 2 amide bonds. The molecule has 1 heterocycles. The Labute approximate surface area is 155 Å². The van der Waals surface area contributed by atoms with Crippen LogP contribution in [-0.4, -0.2) is 25.0 Å². The van der Waals surface area contributed by atoms with E-state index in [2.05, 4.69) is 0 Å². The van der Waals surface area contributed by atoms with E-state index in [1.807, 2.05) is 11.4 Å². The van der Waals surface area contributed by atoms with Crippen molar-refractivity contribution >= 4 is 40.7 Å². The van der Waals surface area contributed by atoms with Gasteiger partial charge < -0.3 is 10.1 Å². The third-order valence-corrected chi connectivity index (χ3v) is 4.74. The predicted molar refractivity (Wildman–Crippen MR) is 96.0 cm³/mol. The van der Waals surface area contributed by atoms with Crippen LogP contribution in [0.1, 0.15) is 12.0 Å². The number of amides is 2. The second-order valence-corrected chi connectivity index (χ2v) is 6.60. The normalized spacial score (nSPS) is 17.2. The fraction of sp³-hybridized carbons (Fsp3) is 0.222. The number of hydrogen-bond donors (Lipinski definition) is 1. The molecule has 1 aliphatic rings. The summed E-state index contributed by atoms with van der Waals surface area (Å²) in [6.45, 7) is 0.496. The Bertz CT molecular complexity index is 808. The van der Waals surface area contributed by atoms with Gasteiger partial charge in [-0.3, -0.25) is 9.59 Å². The maximum absolute atomic E-state index is 12.6. The lowest BCUT2D eigenvalue weighted by atomic mass is 10.2. The molecule has 0 saturated carbocycles. The zero-order valence-electron chi connectivity index (χ0n) is 13.5. The Morgan fingerprint density at radius 3 is 2.52 bits per heavy atom. The summed E-state index contributed by atoms with van der Waals surface area (Å²) in [5.74, 6) is 0.238. The summed E-state index contributed by atoms with van der Waals surface area (Å²) in [6.07, 6.45) is 0.163. The van der Waals surface area contributed by atoms with E-state index >= 15 is 0 Å². The average molecular weight is 380 g/mol. The summed E-state index contributed by atoms with van der Waals surface area (Å²) in [5.41, 5.74) is 1.42. The SMILES string of the molecule is COc1ccc(N2C(=O)C[C@H]([NH2+]Cc3ccc(Cl)cc3Cl)C2=O)cc1. The van der Waals surface area contributed by atoms with Gasteiger partial charge in [-0.15, -0.1) is 0 Å². The largest absolute Gasteiger partial charge is 0.497 e. The molecule has 0 aliphatic carbocycles. The molecular formula is C18H17Cl2N2O3+. The van der Waals surface area contributed by atoms with Crippen LogP contribution >= 0.6 is 23.2 Å². The minimum absolute atomic E-state index is 0.163. The maximum Gasteiger partial charge on any atom is 0.292 e. The Morgan fingerprint density at radius 1 is 1.16 bits per heavy atom. The molecule has 25 heavy (non-hydrogen) atoms. The van der Waals surface area contributed by atoms with Crippen molar-refractivity contribution in [2.75, 3.05) is 12.0 Å². The molecule has 130 valence electrons. The molecule has 1 atom stereocenters. The number of methoxy groups -OCH3 is 1. The number of quaternary nitrogens is 1. The van der Waals surface area contributed by atoms with Crippen molar-refractivity contribution in [1.29, 1.82) is 0 Å². The van der Waals surface area contributed by atoms with Gasteiger partial charge in [0.1, 0.15) is 12.3 Å². The Kier molecular flexibility index (Phi) is 5.27. The molecule has 2 aromatic rings. The highest BCUT2D eigenvalue weighted by Gasteiger charge is 2.42. The molecule has 1 fully saturated rings. The number of hydrogen-bond acceptors (Lipinski definition) is 3. The van der Waals surface area contributed by atoms with Crippen LogP contribution < -0.4 is 15.0 Å². The first kappa shape index (κ1) is 17.7. The van der Waals surface area contributed by atoms with Gasteiger partial charge in [0, 0.05) is 10.6 Å². The zero-order valence-corrected chi connectivity index (χ0v) is 15.1. The van der Waals surface area contributed by atoms with Crippen LogP contribution in [0.2, 0.25) is 10.0 Å². The van der Waals surface area contributed by atoms with Crippen molar-refractivity contribution in [3.05, 3.63) is 58.1 Å². The number of nitrogens with two attached hydrogens (primary N) is 1. The summed E-state index contributed by atoms with van der Waals surface area (Å²) in [6, 6.07) is 11.6. The summed E-state index contributed by atoms with van der Waals surface area (Å²) in [7, 11) is 1.56. The van der Waals surface area contributed by atoms with Crippen molar-refractivity contribution in [2.45, 2.75) is 19.0 Å². The number of benzene rings is 2. The van der Waals surface area contributed by atoms with E-state index in [9.17, 15) is 9.59 Å². The van der Waals surface area contributed by atoms with Crippen molar-refractivity contribution in [3.8, 4) is 5.75 Å². The standard InChI is InChI=1S/C18H16Cl2N2O3/c1-25-14-6-4-13(5-7-14)22-17(23)9-16(18(22)24)21-10-11-2-3-12(19)8-15(11)20/h2-8,16,21H,9-10H2,1H3/p+1/t16-/m0/s1. The summed E-state index contributed by atoms with van der Waals surface area (Å²) < 4.78 is 5.10. The van der Waals surface area contributed by atoms with Gasteiger partial charge in [-0.25, -0.2) is 4.90 Å². The minimum atomic E-state index is -0.457. The number of carbonyl (C=O) groups is 2. The third kappa shape index (κ3) is 3.79. The van der Waals surface area contributed by atoms with Crippen LogP contribution in [0.15, 0.2) is 42.5 Å². The predicted octanol–water partition coefficient (Wildman–Crippen LogP) is 2.40. The van der Waals surface area contributed by atoms with Crippen LogP contribution in [0, 0.1) is 0 Å². The van der Waals surface area contributed by atoms with Crippen LogP contribution in [0.25, 0.3) is 0 Å². The Hall–Kier alpha value is -2.08. The molecule has 3 rings (SSSR count). The number of anilines is 1. The number of carbonyl (C=O) groups excluding carboxylic acids is 2. The second-order valence-electron chi connectivity index (χ2n) is 5.75. The molecule has 0 spiro atoms. The third-order valence-electron chi connectivity index (χ3n) is 4.15. The van der Waals surface area contributed by atoms with E-state index in [4.69, 9.17) is 27.9 Å². The van der Waals surface area contributed by atoms with Crippen molar-refractivity contribution in [1.82, 2.24) is 0 Å². The van der Waals surface area contributed by atoms with Crippen molar-refractivity contribution in [2.24, 2.45) is 0 Å². The summed E-state index contributed by atoms with van der Waals surface area (Å²) >= 11 is 12.0. The van der Waals surface area contributed by atoms with Crippen molar-refractivity contribution in [3.63, 3.8) is 0 Å². The first-order valence-corrected chi connectivity index (χ1v) is 8.53. The van der Waals surface area contributed by atoms with Gasteiger partial charge >= 0.3 is 0 Å². The van der Waals surface area contributed by atoms with Crippen LogP contribution in [0.4, 0.5) is 5.69 Å². The highest BCUT2D eigenvalue weighted by atomic mass is 35.5. The lowest BCUT2D eigenvalue weighted by Crippen LogP contribution is -2.90. The van der Waals surface area contributed by atoms with E-state index in [-0.39, 0.29) is 18.2 Å². The molecule has 0 unspecified atom stereocenters. The van der Waals surface area contributed by atoms with Crippen LogP contribution in [0.3, 0.4) is 0 Å². The van der Waals surface area contributed by atoms with Gasteiger partial charge in [0.05, 0.1) is 24.2 Å². The molecule has 2 N–H and O–H groups in total. The number of halogens is 2. The van der Waals surface area contributed by atoms with Gasteiger partial charge in [0.2, 0.25) is 5.91 Å². The molecule has 0 aromatic heterocycles. The van der Waals surface area contributed by atoms with Gasteiger partial charge in [-0.2, -0.15) is 0 Å². The van der Waals surface area contributed by atoms with Gasteiger partial charge in [0.15, 0.2) is 6.04 Å².